The number of phosphoric acid groups is 2. The lowest BCUT2D eigenvalue weighted by Gasteiger charge is -2.21. The Kier molecular flexibility index (Phi) is 59.4. The number of aliphatic hydroxyl groups excluding tert-OH is 1. The van der Waals surface area contributed by atoms with E-state index in [0.29, 0.717) is 37.5 Å². The van der Waals surface area contributed by atoms with E-state index in [1.54, 1.807) is 0 Å². The summed E-state index contributed by atoms with van der Waals surface area (Å²) in [4.78, 5) is 72.5. The van der Waals surface area contributed by atoms with E-state index in [4.69, 9.17) is 37.0 Å². The average Bonchev–Trinajstić information content (AvgIpc) is 3.69. The van der Waals surface area contributed by atoms with Crippen LogP contribution in [0.15, 0.2) is 0 Å². The van der Waals surface area contributed by atoms with Crippen LogP contribution in [0.1, 0.15) is 351 Å². The highest BCUT2D eigenvalue weighted by Crippen LogP contribution is 2.45. The van der Waals surface area contributed by atoms with Gasteiger partial charge in [0, 0.05) is 25.7 Å². The minimum Gasteiger partial charge on any atom is -0.462 e. The van der Waals surface area contributed by atoms with Gasteiger partial charge in [0.15, 0.2) is 12.2 Å². The Morgan fingerprint density at radius 3 is 0.689 bits per heavy atom. The van der Waals surface area contributed by atoms with Gasteiger partial charge in [-0.1, -0.05) is 299 Å². The summed E-state index contributed by atoms with van der Waals surface area (Å²) in [6.45, 7) is 14.0. The number of unbranched alkanes of at least 4 members (excludes halogenated alkanes) is 34. The lowest BCUT2D eigenvalue weighted by Crippen LogP contribution is -2.30. The highest BCUT2D eigenvalue weighted by molar-refractivity contribution is 7.47. The fourth-order valence-corrected chi connectivity index (χ4v) is 12.2. The predicted octanol–water partition coefficient (Wildman–Crippen LogP) is 20.1. The van der Waals surface area contributed by atoms with Crippen LogP contribution in [-0.2, 0) is 65.4 Å². The van der Waals surface area contributed by atoms with Crippen LogP contribution in [-0.4, -0.2) is 96.7 Å². The summed E-state index contributed by atoms with van der Waals surface area (Å²) in [5.74, 6) is 0.789. The highest BCUT2D eigenvalue weighted by atomic mass is 31.2. The van der Waals surface area contributed by atoms with Crippen LogP contribution in [0.5, 0.6) is 0 Å². The summed E-state index contributed by atoms with van der Waals surface area (Å²) < 4.78 is 68.2. The van der Waals surface area contributed by atoms with Gasteiger partial charge in [-0.05, 0) is 49.4 Å². The third-order valence-electron chi connectivity index (χ3n) is 16.3. The summed E-state index contributed by atoms with van der Waals surface area (Å²) in [7, 11) is -9.90. The maximum absolute atomic E-state index is 13.0. The minimum atomic E-state index is -4.95. The van der Waals surface area contributed by atoms with Gasteiger partial charge in [0.1, 0.15) is 19.3 Å². The lowest BCUT2D eigenvalue weighted by atomic mass is 10.0. The van der Waals surface area contributed by atoms with Crippen LogP contribution in [0.2, 0.25) is 0 Å². The molecule has 17 nitrogen and oxygen atoms in total. The zero-order valence-corrected chi connectivity index (χ0v) is 60.6. The molecule has 19 heteroatoms. The smallest absolute Gasteiger partial charge is 0.462 e. The molecule has 0 saturated heterocycles. The first kappa shape index (κ1) is 88.1. The van der Waals surface area contributed by atoms with Crippen molar-refractivity contribution in [2.45, 2.75) is 369 Å². The molecule has 3 N–H and O–H groups in total. The van der Waals surface area contributed by atoms with Crippen LogP contribution in [0.3, 0.4) is 0 Å². The molecule has 0 spiro atoms. The summed E-state index contributed by atoms with van der Waals surface area (Å²) in [6, 6.07) is 0. The van der Waals surface area contributed by atoms with Crippen molar-refractivity contribution in [2.24, 2.45) is 23.7 Å². The molecule has 90 heavy (non-hydrogen) atoms. The SMILES string of the molecule is CC(C)CCCCCCCCCCCCCCCCCC(=O)O[C@H](COC(=O)CCCCCCCCCCCCCC(C)C)COP(=O)(O)OC[C@@H](O)COP(=O)(O)OC[C@@H](COC(=O)CCCCCCCCC(C)C)OC(=O)CCCCCCCCC(C)C. The number of ether oxygens (including phenoxy) is 4. The van der Waals surface area contributed by atoms with E-state index in [-0.39, 0.29) is 25.7 Å². The van der Waals surface area contributed by atoms with Crippen LogP contribution in [0.4, 0.5) is 0 Å². The summed E-state index contributed by atoms with van der Waals surface area (Å²) in [5.41, 5.74) is 0. The van der Waals surface area contributed by atoms with Gasteiger partial charge < -0.3 is 33.8 Å². The summed E-state index contributed by atoms with van der Waals surface area (Å²) >= 11 is 0. The third-order valence-corrected chi connectivity index (χ3v) is 18.2. The fourth-order valence-electron chi connectivity index (χ4n) is 10.7. The maximum Gasteiger partial charge on any atom is 0.472 e. The molecular formula is C71H138O17P2. The first-order valence-corrected chi connectivity index (χ1v) is 39.7. The van der Waals surface area contributed by atoms with Crippen molar-refractivity contribution in [3.63, 3.8) is 0 Å². The molecule has 0 aliphatic rings. The second kappa shape index (κ2) is 60.7. The molecule has 2 unspecified atom stereocenters. The molecule has 0 bridgehead atoms. The zero-order valence-electron chi connectivity index (χ0n) is 58.8. The van der Waals surface area contributed by atoms with E-state index < -0.39 is 97.5 Å². The van der Waals surface area contributed by atoms with Gasteiger partial charge in [-0.15, -0.1) is 0 Å². The second-order valence-corrected chi connectivity index (χ2v) is 30.4. The van der Waals surface area contributed by atoms with E-state index in [0.717, 1.165) is 108 Å². The first-order valence-electron chi connectivity index (χ1n) is 36.7. The molecule has 0 aliphatic heterocycles. The predicted molar refractivity (Wildman–Crippen MR) is 363 cm³/mol. The molecule has 0 saturated carbocycles. The van der Waals surface area contributed by atoms with E-state index in [1.807, 2.05) is 0 Å². The number of carbonyl (C=O) groups excluding carboxylic acids is 4. The second-order valence-electron chi connectivity index (χ2n) is 27.5. The van der Waals surface area contributed by atoms with Gasteiger partial charge in [0.05, 0.1) is 26.4 Å². The minimum absolute atomic E-state index is 0.101. The number of carbonyl (C=O) groups is 4. The molecule has 0 radical (unpaired) electrons. The standard InChI is InChI=1S/C71H138O17P2/c1-61(2)47-39-31-23-19-15-12-10-9-11-13-17-22-26-37-45-53-70(75)87-66(57-81-68(73)51-43-35-25-21-18-14-16-20-24-32-40-48-62(3)4)59-85-89(77,78)83-55-65(72)56-84-90(79,80)86-60-67(88-71(76)54-46-38-30-28-34-42-50-64(7)8)58-82-69(74)52-44-36-29-27-33-41-49-63(5)6/h61-67,72H,9-60H2,1-8H3,(H,77,78)(H,79,80)/t65-,66-,67-/m1/s1. The number of hydrogen-bond donors (Lipinski definition) is 3. The third kappa shape index (κ3) is 64.8. The molecule has 0 heterocycles. The lowest BCUT2D eigenvalue weighted by molar-refractivity contribution is -0.161. The van der Waals surface area contributed by atoms with Crippen molar-refractivity contribution in [1.29, 1.82) is 0 Å². The Morgan fingerprint density at radius 2 is 0.467 bits per heavy atom. The van der Waals surface area contributed by atoms with Crippen LogP contribution < -0.4 is 0 Å². The Balaban J connectivity index is 5.21. The summed E-state index contributed by atoms with van der Waals surface area (Å²) in [6.07, 6.45) is 43.4. The topological polar surface area (TPSA) is 237 Å². The van der Waals surface area contributed by atoms with E-state index in [2.05, 4.69) is 55.4 Å². The largest absolute Gasteiger partial charge is 0.472 e. The van der Waals surface area contributed by atoms with Gasteiger partial charge >= 0.3 is 39.5 Å². The molecule has 0 rings (SSSR count). The molecule has 5 atom stereocenters. The van der Waals surface area contributed by atoms with Gasteiger partial charge in [0.2, 0.25) is 0 Å². The molecular weight excluding hydrogens is 1190 g/mol. The summed E-state index contributed by atoms with van der Waals surface area (Å²) in [5, 5.41) is 10.6. The Hall–Kier alpha value is -1.94. The van der Waals surface area contributed by atoms with Crippen molar-refractivity contribution >= 4 is 39.5 Å². The van der Waals surface area contributed by atoms with Gasteiger partial charge in [-0.3, -0.25) is 37.3 Å². The van der Waals surface area contributed by atoms with E-state index in [9.17, 15) is 43.2 Å². The van der Waals surface area contributed by atoms with Crippen LogP contribution in [0.25, 0.3) is 0 Å². The van der Waals surface area contributed by atoms with Crippen molar-refractivity contribution in [2.75, 3.05) is 39.6 Å². The molecule has 0 fully saturated rings. The Labute approximate surface area is 549 Å². The highest BCUT2D eigenvalue weighted by Gasteiger charge is 2.30. The monoisotopic (exact) mass is 1320 g/mol. The van der Waals surface area contributed by atoms with E-state index >= 15 is 0 Å². The molecule has 0 aromatic heterocycles. The van der Waals surface area contributed by atoms with Crippen molar-refractivity contribution < 1.29 is 80.2 Å². The van der Waals surface area contributed by atoms with Gasteiger partial charge in [-0.25, -0.2) is 9.13 Å². The normalized spacial score (nSPS) is 14.3. The maximum atomic E-state index is 13.0. The quantitative estimate of drug-likeness (QED) is 0.0222. The zero-order chi connectivity index (χ0) is 66.8. The number of phosphoric ester groups is 2. The molecule has 0 aliphatic carbocycles. The van der Waals surface area contributed by atoms with Crippen LogP contribution in [0, 0.1) is 23.7 Å². The van der Waals surface area contributed by atoms with Crippen molar-refractivity contribution in [3.05, 3.63) is 0 Å². The van der Waals surface area contributed by atoms with Crippen molar-refractivity contribution in [3.8, 4) is 0 Å². The van der Waals surface area contributed by atoms with Gasteiger partial charge in [0.25, 0.3) is 0 Å². The van der Waals surface area contributed by atoms with Crippen molar-refractivity contribution in [1.82, 2.24) is 0 Å². The molecule has 534 valence electrons. The first-order chi connectivity index (χ1) is 43.1. The number of esters is 4. The Bertz CT molecular complexity index is 1780. The number of aliphatic hydroxyl groups is 1. The molecule has 0 amide bonds. The number of rotatable bonds is 68. The number of hydrogen-bond acceptors (Lipinski definition) is 15. The van der Waals surface area contributed by atoms with E-state index in [1.165, 1.54) is 148 Å². The van der Waals surface area contributed by atoms with Gasteiger partial charge in [-0.2, -0.15) is 0 Å². The van der Waals surface area contributed by atoms with Crippen LogP contribution >= 0.6 is 15.6 Å². The molecule has 0 aromatic carbocycles. The Morgan fingerprint density at radius 1 is 0.278 bits per heavy atom. The average molecular weight is 1330 g/mol. The fraction of sp³-hybridized carbons (Fsp3) is 0.944. The molecule has 0 aromatic rings.